The Balaban J connectivity index is 1.88. The Kier molecular flexibility index (Phi) is 3.56. The molecular weight excluding hydrogens is 308 g/mol. The van der Waals surface area contributed by atoms with Crippen molar-refractivity contribution < 1.29 is 8.42 Å². The molecule has 0 aromatic carbocycles. The van der Waals surface area contributed by atoms with Crippen LogP contribution in [0.3, 0.4) is 0 Å². The summed E-state index contributed by atoms with van der Waals surface area (Å²) in [7, 11) is -3.34. The van der Waals surface area contributed by atoms with Crippen molar-refractivity contribution in [1.29, 1.82) is 0 Å². The van der Waals surface area contributed by atoms with Crippen LogP contribution in [-0.4, -0.2) is 34.2 Å². The highest BCUT2D eigenvalue weighted by Gasteiger charge is 2.15. The molecule has 21 heavy (non-hydrogen) atoms. The van der Waals surface area contributed by atoms with E-state index in [1.54, 1.807) is 17.0 Å². The number of hydrogen-bond donors (Lipinski definition) is 0. The first kappa shape index (κ1) is 13.9. The molecule has 3 heterocycles. The van der Waals surface area contributed by atoms with E-state index in [1.165, 1.54) is 17.5 Å². The van der Waals surface area contributed by atoms with Gasteiger partial charge in [-0.05, 0) is 12.1 Å². The maximum Gasteiger partial charge on any atom is 0.227 e. The standard InChI is InChI=1S/C13H12N4O2S2/c1-21(18,19)13-15-6-7-17(13)8-10-9-20-12(16-10)11-4-2-3-5-14-11/h2-7,9H,8H2,1H3. The molecule has 6 nitrogen and oxygen atoms in total. The van der Waals surface area contributed by atoms with Crippen molar-refractivity contribution in [3.63, 3.8) is 0 Å². The molecule has 0 spiro atoms. The predicted octanol–water partition coefficient (Wildman–Crippen LogP) is 1.85. The molecule has 0 fully saturated rings. The van der Waals surface area contributed by atoms with Gasteiger partial charge in [-0.1, -0.05) is 6.07 Å². The van der Waals surface area contributed by atoms with Crippen molar-refractivity contribution in [2.75, 3.05) is 6.26 Å². The summed E-state index contributed by atoms with van der Waals surface area (Å²) in [6.45, 7) is 0.367. The van der Waals surface area contributed by atoms with Crippen LogP contribution in [0.25, 0.3) is 10.7 Å². The van der Waals surface area contributed by atoms with Gasteiger partial charge >= 0.3 is 0 Å². The summed E-state index contributed by atoms with van der Waals surface area (Å²) < 4.78 is 24.8. The smallest absolute Gasteiger partial charge is 0.227 e. The molecule has 0 radical (unpaired) electrons. The highest BCUT2D eigenvalue weighted by atomic mass is 32.2. The first-order valence-corrected chi connectivity index (χ1v) is 8.88. The van der Waals surface area contributed by atoms with E-state index < -0.39 is 9.84 Å². The SMILES string of the molecule is CS(=O)(=O)c1nccn1Cc1csc(-c2ccccn2)n1. The molecule has 0 N–H and O–H groups in total. The van der Waals surface area contributed by atoms with E-state index in [1.807, 2.05) is 23.6 Å². The number of imidazole rings is 1. The maximum absolute atomic E-state index is 11.6. The second-order valence-electron chi connectivity index (χ2n) is 4.47. The minimum atomic E-state index is -3.34. The summed E-state index contributed by atoms with van der Waals surface area (Å²) in [5.74, 6) is 0. The van der Waals surface area contributed by atoms with Gasteiger partial charge in [0, 0.05) is 30.2 Å². The molecular formula is C13H12N4O2S2. The summed E-state index contributed by atoms with van der Waals surface area (Å²) in [6, 6.07) is 5.64. The number of aromatic nitrogens is 4. The third-order valence-electron chi connectivity index (χ3n) is 2.78. The first-order valence-electron chi connectivity index (χ1n) is 6.11. The Labute approximate surface area is 126 Å². The van der Waals surface area contributed by atoms with Gasteiger partial charge in [0.05, 0.1) is 17.9 Å². The molecule has 0 saturated heterocycles. The van der Waals surface area contributed by atoms with Crippen LogP contribution in [0, 0.1) is 0 Å². The highest BCUT2D eigenvalue weighted by molar-refractivity contribution is 7.90. The van der Waals surface area contributed by atoms with Crippen molar-refractivity contribution in [2.45, 2.75) is 11.7 Å². The van der Waals surface area contributed by atoms with Gasteiger partial charge in [-0.2, -0.15) is 0 Å². The summed E-state index contributed by atoms with van der Waals surface area (Å²) in [5.41, 5.74) is 1.59. The fraction of sp³-hybridized carbons (Fsp3) is 0.154. The fourth-order valence-corrected chi connectivity index (χ4v) is 3.50. The average Bonchev–Trinajstić information content (AvgIpc) is 3.09. The van der Waals surface area contributed by atoms with E-state index in [-0.39, 0.29) is 5.16 Å². The molecule has 3 aromatic heterocycles. The van der Waals surface area contributed by atoms with Crippen molar-refractivity contribution in [2.24, 2.45) is 0 Å². The Morgan fingerprint density at radius 1 is 1.24 bits per heavy atom. The lowest BCUT2D eigenvalue weighted by molar-refractivity contribution is 0.577. The van der Waals surface area contributed by atoms with Crippen LogP contribution >= 0.6 is 11.3 Å². The van der Waals surface area contributed by atoms with E-state index in [2.05, 4.69) is 15.0 Å². The zero-order valence-corrected chi connectivity index (χ0v) is 12.8. The van der Waals surface area contributed by atoms with Crippen LogP contribution in [0.15, 0.2) is 47.3 Å². The lowest BCUT2D eigenvalue weighted by Crippen LogP contribution is -2.09. The molecule has 8 heteroatoms. The van der Waals surface area contributed by atoms with Gasteiger partial charge < -0.3 is 4.57 Å². The van der Waals surface area contributed by atoms with Gasteiger partial charge in [0.2, 0.25) is 15.0 Å². The largest absolute Gasteiger partial charge is 0.316 e. The number of hydrogen-bond acceptors (Lipinski definition) is 6. The Hall–Kier alpha value is -2.06. The quantitative estimate of drug-likeness (QED) is 0.733. The van der Waals surface area contributed by atoms with E-state index in [9.17, 15) is 8.42 Å². The third-order valence-corrected chi connectivity index (χ3v) is 4.69. The Morgan fingerprint density at radius 3 is 2.81 bits per heavy atom. The third kappa shape index (κ3) is 3.01. The van der Waals surface area contributed by atoms with Gasteiger partial charge in [-0.3, -0.25) is 4.98 Å². The number of rotatable bonds is 4. The molecule has 0 amide bonds. The topological polar surface area (TPSA) is 77.7 Å². The second kappa shape index (κ2) is 5.38. The van der Waals surface area contributed by atoms with Crippen molar-refractivity contribution in [3.05, 3.63) is 47.9 Å². The normalized spacial score (nSPS) is 11.7. The molecule has 0 aliphatic carbocycles. The molecule has 0 atom stereocenters. The summed E-state index contributed by atoms with van der Waals surface area (Å²) >= 11 is 1.48. The molecule has 0 aliphatic rings. The Morgan fingerprint density at radius 2 is 2.10 bits per heavy atom. The van der Waals surface area contributed by atoms with Crippen LogP contribution in [-0.2, 0) is 16.4 Å². The predicted molar refractivity (Wildman–Crippen MR) is 79.8 cm³/mol. The van der Waals surface area contributed by atoms with Crippen molar-refractivity contribution >= 4 is 21.2 Å². The summed E-state index contributed by atoms with van der Waals surface area (Å²) in [5, 5.41) is 2.76. The van der Waals surface area contributed by atoms with Crippen LogP contribution in [0.4, 0.5) is 0 Å². The van der Waals surface area contributed by atoms with E-state index >= 15 is 0 Å². The van der Waals surface area contributed by atoms with Gasteiger partial charge in [0.25, 0.3) is 0 Å². The molecule has 108 valence electrons. The fourth-order valence-electron chi connectivity index (χ4n) is 1.91. The van der Waals surface area contributed by atoms with E-state index in [4.69, 9.17) is 0 Å². The lowest BCUT2D eigenvalue weighted by atomic mass is 10.4. The van der Waals surface area contributed by atoms with Gasteiger partial charge in [0.1, 0.15) is 5.01 Å². The van der Waals surface area contributed by atoms with Crippen LogP contribution in [0.5, 0.6) is 0 Å². The minimum Gasteiger partial charge on any atom is -0.316 e. The molecule has 3 aromatic rings. The van der Waals surface area contributed by atoms with Crippen molar-refractivity contribution in [3.8, 4) is 10.7 Å². The maximum atomic E-state index is 11.6. The van der Waals surface area contributed by atoms with E-state index in [0.717, 1.165) is 22.7 Å². The Bertz CT molecular complexity index is 853. The molecule has 0 unspecified atom stereocenters. The van der Waals surface area contributed by atoms with E-state index in [0.29, 0.717) is 6.54 Å². The average molecular weight is 320 g/mol. The number of sulfone groups is 1. The van der Waals surface area contributed by atoms with Gasteiger partial charge in [0.15, 0.2) is 0 Å². The summed E-state index contributed by atoms with van der Waals surface area (Å²) in [4.78, 5) is 12.6. The van der Waals surface area contributed by atoms with Gasteiger partial charge in [-0.15, -0.1) is 11.3 Å². The molecule has 0 aliphatic heterocycles. The van der Waals surface area contributed by atoms with Crippen LogP contribution in [0.2, 0.25) is 0 Å². The minimum absolute atomic E-state index is 0.0508. The number of pyridine rings is 1. The molecule has 3 rings (SSSR count). The number of nitrogens with zero attached hydrogens (tertiary/aromatic N) is 4. The zero-order valence-electron chi connectivity index (χ0n) is 11.2. The first-order chi connectivity index (χ1) is 10.0. The van der Waals surface area contributed by atoms with Crippen LogP contribution < -0.4 is 0 Å². The zero-order chi connectivity index (χ0) is 14.9. The molecule has 0 saturated carbocycles. The molecule has 0 bridgehead atoms. The lowest BCUT2D eigenvalue weighted by Gasteiger charge is -2.03. The van der Waals surface area contributed by atoms with Gasteiger partial charge in [-0.25, -0.2) is 18.4 Å². The monoisotopic (exact) mass is 320 g/mol. The number of thiazole rings is 1. The van der Waals surface area contributed by atoms with Crippen molar-refractivity contribution in [1.82, 2.24) is 19.5 Å². The van der Waals surface area contributed by atoms with Crippen LogP contribution in [0.1, 0.15) is 5.69 Å². The summed E-state index contributed by atoms with van der Waals surface area (Å²) in [6.07, 6.45) is 5.97. The second-order valence-corrected chi connectivity index (χ2v) is 7.24. The highest BCUT2D eigenvalue weighted by Crippen LogP contribution is 2.22.